The van der Waals surface area contributed by atoms with Crippen molar-refractivity contribution in [3.8, 4) is 0 Å². The smallest absolute Gasteiger partial charge is 0.139 e. The maximum Gasteiger partial charge on any atom is 0.139 e. The maximum absolute atomic E-state index is 14.0. The second-order valence-corrected chi connectivity index (χ2v) is 13.5. The summed E-state index contributed by atoms with van der Waals surface area (Å²) in [5, 5.41) is 8.05. The molecule has 9 atom stereocenters. The minimum absolute atomic E-state index is 0.354. The van der Waals surface area contributed by atoms with Crippen molar-refractivity contribution in [2.75, 3.05) is 19.6 Å². The minimum atomic E-state index is 0.354. The lowest BCUT2D eigenvalue weighted by atomic mass is 9.37. The zero-order valence-electron chi connectivity index (χ0n) is 21.5. The molecule has 190 valence electrons. The van der Waals surface area contributed by atoms with Gasteiger partial charge in [-0.25, -0.2) is 0 Å². The number of carbonyl (C=O) groups is 1. The van der Waals surface area contributed by atoms with Crippen molar-refractivity contribution in [3.05, 3.63) is 0 Å². The van der Waals surface area contributed by atoms with Gasteiger partial charge in [-0.3, -0.25) is 9.69 Å². The quantitative estimate of drug-likeness (QED) is 0.562. The summed E-state index contributed by atoms with van der Waals surface area (Å²) < 4.78 is 0. The van der Waals surface area contributed by atoms with Gasteiger partial charge in [-0.2, -0.15) is 0 Å². The van der Waals surface area contributed by atoms with E-state index in [0.29, 0.717) is 41.0 Å². The largest absolute Gasteiger partial charge is 0.316 e. The molecule has 3 aliphatic heterocycles. The zero-order valence-corrected chi connectivity index (χ0v) is 21.5. The molecule has 7 aliphatic rings. The zero-order chi connectivity index (χ0) is 22.7. The highest BCUT2D eigenvalue weighted by Gasteiger charge is 2.70. The van der Waals surface area contributed by atoms with Gasteiger partial charge >= 0.3 is 0 Å². The van der Waals surface area contributed by atoms with Crippen LogP contribution >= 0.6 is 0 Å². The van der Waals surface area contributed by atoms with Crippen molar-refractivity contribution in [2.24, 2.45) is 40.9 Å². The van der Waals surface area contributed by atoms with Crippen LogP contribution in [0.5, 0.6) is 0 Å². The third-order valence-corrected chi connectivity index (χ3v) is 12.4. The van der Waals surface area contributed by atoms with E-state index >= 15 is 0 Å². The lowest BCUT2D eigenvalue weighted by molar-refractivity contribution is -0.240. The fourth-order valence-electron chi connectivity index (χ4n) is 11.6. The summed E-state index contributed by atoms with van der Waals surface area (Å²) in [6, 6.07) is 1.57. The Kier molecular flexibility index (Phi) is 6.11. The molecule has 4 aliphatic carbocycles. The Morgan fingerprint density at radius 1 is 0.647 bits per heavy atom. The number of likely N-dealkylation sites (tertiary alicyclic amines) is 1. The molecule has 1 spiro atoms. The van der Waals surface area contributed by atoms with Crippen LogP contribution in [-0.4, -0.2) is 48.6 Å². The summed E-state index contributed by atoms with van der Waals surface area (Å²) in [5.74, 6) is 4.31. The molecule has 0 amide bonds. The van der Waals surface area contributed by atoms with Crippen LogP contribution in [0.15, 0.2) is 0 Å². The maximum atomic E-state index is 14.0. The number of hydrogen-bond donors (Lipinski definition) is 2. The van der Waals surface area contributed by atoms with Crippen LogP contribution in [0, 0.1) is 40.9 Å². The van der Waals surface area contributed by atoms with Crippen molar-refractivity contribution in [3.63, 3.8) is 0 Å². The first-order valence-corrected chi connectivity index (χ1v) is 15.6. The first-order valence-electron chi connectivity index (χ1n) is 15.6. The molecule has 0 radical (unpaired) electrons. The summed E-state index contributed by atoms with van der Waals surface area (Å²) in [6.45, 7) is 3.39. The minimum Gasteiger partial charge on any atom is -0.316 e. The number of nitrogens with one attached hydrogen (secondary N) is 2. The summed E-state index contributed by atoms with van der Waals surface area (Å²) in [5.41, 5.74) is 0.394. The van der Waals surface area contributed by atoms with E-state index in [1.54, 1.807) is 0 Å². The highest BCUT2D eigenvalue weighted by molar-refractivity contribution is 5.85. The first-order chi connectivity index (χ1) is 16.8. The van der Waals surface area contributed by atoms with Gasteiger partial charge in [-0.1, -0.05) is 44.9 Å². The molecule has 9 unspecified atom stereocenters. The summed E-state index contributed by atoms with van der Waals surface area (Å²) in [7, 11) is 0. The van der Waals surface area contributed by atoms with Gasteiger partial charge in [-0.05, 0) is 107 Å². The number of hydrogen-bond acceptors (Lipinski definition) is 4. The van der Waals surface area contributed by atoms with Gasteiger partial charge < -0.3 is 10.6 Å². The highest BCUT2D eigenvalue weighted by Crippen LogP contribution is 2.68. The highest BCUT2D eigenvalue weighted by atomic mass is 16.1. The number of ketones is 1. The number of rotatable bonds is 1. The number of nitrogens with zero attached hydrogens (tertiary/aromatic N) is 1. The summed E-state index contributed by atoms with van der Waals surface area (Å²) in [4.78, 5) is 17.1. The van der Waals surface area contributed by atoms with Gasteiger partial charge in [0.1, 0.15) is 5.78 Å². The summed E-state index contributed by atoms with van der Waals surface area (Å²) in [6.07, 6.45) is 22.6. The molecule has 3 saturated heterocycles. The van der Waals surface area contributed by atoms with Crippen LogP contribution in [-0.2, 0) is 4.79 Å². The second-order valence-electron chi connectivity index (χ2n) is 13.5. The third-order valence-electron chi connectivity index (χ3n) is 12.4. The molecular formula is C30H49N3O. The van der Waals surface area contributed by atoms with Gasteiger partial charge in [0.25, 0.3) is 0 Å². The predicted molar refractivity (Wildman–Crippen MR) is 136 cm³/mol. The number of Topliss-reactive ketones (excluding diaryl/α,β-unsaturated/α-hetero) is 1. The van der Waals surface area contributed by atoms with E-state index in [2.05, 4.69) is 15.5 Å². The van der Waals surface area contributed by atoms with Crippen molar-refractivity contribution in [1.29, 1.82) is 0 Å². The van der Waals surface area contributed by atoms with E-state index in [-0.39, 0.29) is 0 Å². The van der Waals surface area contributed by atoms with E-state index in [9.17, 15) is 4.79 Å². The number of fused-ring (bicyclic) bond motifs is 8. The summed E-state index contributed by atoms with van der Waals surface area (Å²) >= 11 is 0. The van der Waals surface area contributed by atoms with E-state index in [1.165, 1.54) is 103 Å². The lowest BCUT2D eigenvalue weighted by Gasteiger charge is -2.72. The molecule has 7 fully saturated rings. The predicted octanol–water partition coefficient (Wildman–Crippen LogP) is 5.12. The number of piperidine rings is 3. The monoisotopic (exact) mass is 467 g/mol. The molecular weight excluding hydrogens is 418 g/mol. The van der Waals surface area contributed by atoms with Gasteiger partial charge in [0.15, 0.2) is 0 Å². The van der Waals surface area contributed by atoms with Crippen LogP contribution in [0.2, 0.25) is 0 Å². The van der Waals surface area contributed by atoms with Gasteiger partial charge in [-0.15, -0.1) is 0 Å². The van der Waals surface area contributed by atoms with E-state index in [1.807, 2.05) is 0 Å². The third kappa shape index (κ3) is 3.23. The van der Waals surface area contributed by atoms with Crippen molar-refractivity contribution >= 4 is 5.78 Å². The molecule has 34 heavy (non-hydrogen) atoms. The van der Waals surface area contributed by atoms with Crippen LogP contribution in [0.25, 0.3) is 0 Å². The van der Waals surface area contributed by atoms with Crippen molar-refractivity contribution in [1.82, 2.24) is 15.5 Å². The molecule has 3 heterocycles. The molecule has 4 nitrogen and oxygen atoms in total. The molecule has 0 aromatic carbocycles. The molecule has 7 rings (SSSR count). The van der Waals surface area contributed by atoms with Crippen LogP contribution in [0.1, 0.15) is 103 Å². The average Bonchev–Trinajstić information content (AvgIpc) is 2.91. The first kappa shape index (κ1) is 22.7. The molecule has 4 saturated carbocycles. The second kappa shape index (κ2) is 9.14. The lowest BCUT2D eigenvalue weighted by Crippen LogP contribution is -2.77. The van der Waals surface area contributed by atoms with E-state index < -0.39 is 0 Å². The molecule has 0 aromatic rings. The van der Waals surface area contributed by atoms with E-state index in [0.717, 1.165) is 43.4 Å². The Balaban J connectivity index is 1.38. The van der Waals surface area contributed by atoms with Crippen LogP contribution in [0.4, 0.5) is 0 Å². The van der Waals surface area contributed by atoms with E-state index in [4.69, 9.17) is 0 Å². The van der Waals surface area contributed by atoms with Crippen LogP contribution in [0.3, 0.4) is 0 Å². The van der Waals surface area contributed by atoms with Crippen molar-refractivity contribution in [2.45, 2.75) is 121 Å². The SMILES string of the molecule is O=C1C2CCCCC2C2(C3CNCCC13)C1CCCCC1N(C1CCCCC1)C1NCCCC12. The molecule has 4 heteroatoms. The molecule has 2 N–H and O–H groups in total. The Morgan fingerprint density at radius 2 is 1.35 bits per heavy atom. The molecule has 0 aromatic heterocycles. The Morgan fingerprint density at radius 3 is 2.24 bits per heavy atom. The molecule has 0 bridgehead atoms. The fourth-order valence-corrected chi connectivity index (χ4v) is 11.6. The van der Waals surface area contributed by atoms with Gasteiger partial charge in [0, 0.05) is 23.9 Å². The average molecular weight is 468 g/mol. The Hall–Kier alpha value is -0.450. The van der Waals surface area contributed by atoms with Gasteiger partial charge in [0.05, 0.1) is 6.17 Å². The standard InChI is InChI=1S/C30H49N3O/c34-28-21-11-4-5-12-23(21)30(26-19-31-18-16-22(26)28)24-13-6-7-15-27(24)33(20-9-2-1-3-10-20)29-25(30)14-8-17-32-29/h20-27,29,31-32H,1-19H2. The normalized spacial score (nSPS) is 50.2. The van der Waals surface area contributed by atoms with Crippen molar-refractivity contribution < 1.29 is 4.79 Å². The van der Waals surface area contributed by atoms with Gasteiger partial charge in [0.2, 0.25) is 0 Å². The topological polar surface area (TPSA) is 44.4 Å². The van der Waals surface area contributed by atoms with Crippen LogP contribution < -0.4 is 10.6 Å². The Bertz CT molecular complexity index is 710. The Labute approximate surface area is 207 Å². The number of carbonyl (C=O) groups excluding carboxylic acids is 1. The fraction of sp³-hybridized carbons (Fsp3) is 0.967.